The first-order valence-corrected chi connectivity index (χ1v) is 8.50. The number of nitrogens with one attached hydrogen (secondary N) is 1. The highest BCUT2D eigenvalue weighted by molar-refractivity contribution is 5.93. The number of benzene rings is 2. The van der Waals surface area contributed by atoms with Crippen molar-refractivity contribution in [1.82, 2.24) is 20.2 Å². The van der Waals surface area contributed by atoms with Crippen molar-refractivity contribution < 1.29 is 13.2 Å². The third kappa shape index (κ3) is 3.36. The smallest absolute Gasteiger partial charge is 0.294 e. The third-order valence-electron chi connectivity index (χ3n) is 4.46. The maximum Gasteiger partial charge on any atom is 0.416 e. The average molecular weight is 394 g/mol. The van der Waals surface area contributed by atoms with Gasteiger partial charge in [0.05, 0.1) is 34.5 Å². The number of rotatable bonds is 3. The second-order valence-corrected chi connectivity index (χ2v) is 6.32. The van der Waals surface area contributed by atoms with E-state index in [1.54, 1.807) is 42.3 Å². The normalized spacial score (nSPS) is 11.4. The number of halogens is 3. The second kappa shape index (κ2) is 6.91. The Hall–Kier alpha value is -3.93. The molecule has 0 saturated heterocycles. The summed E-state index contributed by atoms with van der Waals surface area (Å²) in [5, 5.41) is 16.4. The van der Waals surface area contributed by atoms with E-state index >= 15 is 0 Å². The first-order valence-electron chi connectivity index (χ1n) is 8.50. The van der Waals surface area contributed by atoms with Crippen molar-refractivity contribution in [3.63, 3.8) is 0 Å². The summed E-state index contributed by atoms with van der Waals surface area (Å²) in [4.78, 5) is 10.2. The zero-order chi connectivity index (χ0) is 20.6. The number of alkyl halides is 3. The lowest BCUT2D eigenvalue weighted by atomic mass is 10.1. The summed E-state index contributed by atoms with van der Waals surface area (Å²) in [6.45, 7) is 1.61. The van der Waals surface area contributed by atoms with Crippen LogP contribution in [0.3, 0.4) is 0 Å². The lowest BCUT2D eigenvalue weighted by Gasteiger charge is -2.26. The molecule has 0 spiro atoms. The van der Waals surface area contributed by atoms with Crippen LogP contribution in [0.2, 0.25) is 0 Å². The van der Waals surface area contributed by atoms with Gasteiger partial charge in [-0.25, -0.2) is 9.97 Å². The van der Waals surface area contributed by atoms with Gasteiger partial charge in [-0.3, -0.25) is 10.00 Å². The van der Waals surface area contributed by atoms with E-state index in [0.29, 0.717) is 39.4 Å². The second-order valence-electron chi connectivity index (χ2n) is 6.32. The standard InChI is InChI=1S/C20H13F3N6/c1-12-8-14(20(21,22)23)4-7-17(12)29(15-5-2-13(9-24)3-6-15)19-16-10-27-28-18(16)25-11-26-19/h2-8,10-11H,1H3,(H,25,26,27,28). The Balaban J connectivity index is 1.94. The van der Waals surface area contributed by atoms with E-state index in [0.717, 1.165) is 12.1 Å². The molecule has 0 unspecified atom stereocenters. The van der Waals surface area contributed by atoms with Gasteiger partial charge in [-0.1, -0.05) is 0 Å². The molecule has 29 heavy (non-hydrogen) atoms. The number of H-pyrrole nitrogens is 1. The van der Waals surface area contributed by atoms with Gasteiger partial charge in [-0.2, -0.15) is 23.5 Å². The van der Waals surface area contributed by atoms with Gasteiger partial charge in [-0.15, -0.1) is 0 Å². The summed E-state index contributed by atoms with van der Waals surface area (Å²) in [7, 11) is 0. The number of anilines is 3. The van der Waals surface area contributed by atoms with Gasteiger partial charge < -0.3 is 0 Å². The molecule has 2 aromatic carbocycles. The van der Waals surface area contributed by atoms with E-state index in [-0.39, 0.29) is 0 Å². The van der Waals surface area contributed by atoms with Gasteiger partial charge in [0.2, 0.25) is 0 Å². The number of hydrogen-bond donors (Lipinski definition) is 1. The highest BCUT2D eigenvalue weighted by Gasteiger charge is 2.31. The van der Waals surface area contributed by atoms with Crippen LogP contribution in [0.25, 0.3) is 11.0 Å². The predicted molar refractivity (Wildman–Crippen MR) is 101 cm³/mol. The quantitative estimate of drug-likeness (QED) is 0.528. The van der Waals surface area contributed by atoms with Crippen molar-refractivity contribution in [3.8, 4) is 6.07 Å². The highest BCUT2D eigenvalue weighted by Crippen LogP contribution is 2.40. The zero-order valence-corrected chi connectivity index (χ0v) is 15.1. The average Bonchev–Trinajstić information content (AvgIpc) is 3.19. The monoisotopic (exact) mass is 394 g/mol. The molecule has 0 saturated carbocycles. The number of nitrogens with zero attached hydrogens (tertiary/aromatic N) is 5. The van der Waals surface area contributed by atoms with Crippen molar-refractivity contribution in [3.05, 3.63) is 71.7 Å². The molecule has 0 atom stereocenters. The van der Waals surface area contributed by atoms with Crippen LogP contribution in [0.5, 0.6) is 0 Å². The summed E-state index contributed by atoms with van der Waals surface area (Å²) in [5.41, 5.74) is 1.80. The van der Waals surface area contributed by atoms with Crippen LogP contribution < -0.4 is 4.90 Å². The molecule has 144 valence electrons. The Morgan fingerprint density at radius 3 is 2.48 bits per heavy atom. The summed E-state index contributed by atoms with van der Waals surface area (Å²) in [6.07, 6.45) is -1.53. The van der Waals surface area contributed by atoms with Crippen LogP contribution >= 0.6 is 0 Å². The fraction of sp³-hybridized carbons (Fsp3) is 0.100. The van der Waals surface area contributed by atoms with E-state index in [1.165, 1.54) is 12.4 Å². The van der Waals surface area contributed by atoms with E-state index in [2.05, 4.69) is 20.2 Å². The van der Waals surface area contributed by atoms with E-state index in [4.69, 9.17) is 5.26 Å². The van der Waals surface area contributed by atoms with Gasteiger partial charge >= 0.3 is 6.18 Å². The molecule has 2 aromatic heterocycles. The van der Waals surface area contributed by atoms with Crippen LogP contribution in [0, 0.1) is 18.3 Å². The molecule has 6 nitrogen and oxygen atoms in total. The minimum atomic E-state index is -4.44. The van der Waals surface area contributed by atoms with Crippen LogP contribution in [-0.4, -0.2) is 20.2 Å². The Morgan fingerprint density at radius 2 is 1.83 bits per heavy atom. The van der Waals surface area contributed by atoms with Gasteiger partial charge in [-0.05, 0) is 55.0 Å². The Kier molecular flexibility index (Phi) is 4.39. The Labute approximate surface area is 163 Å². The lowest BCUT2D eigenvalue weighted by Crippen LogP contribution is -2.14. The van der Waals surface area contributed by atoms with Crippen molar-refractivity contribution in [1.29, 1.82) is 5.26 Å². The molecular formula is C20H13F3N6. The van der Waals surface area contributed by atoms with E-state index in [1.807, 2.05) is 6.07 Å². The molecule has 4 aromatic rings. The minimum absolute atomic E-state index is 0.416. The molecule has 1 N–H and O–H groups in total. The van der Waals surface area contributed by atoms with Gasteiger partial charge in [0.25, 0.3) is 0 Å². The van der Waals surface area contributed by atoms with Crippen molar-refractivity contribution >= 4 is 28.2 Å². The summed E-state index contributed by atoms with van der Waals surface area (Å²) in [5.74, 6) is 0.455. The molecule has 2 heterocycles. The maximum absolute atomic E-state index is 13.1. The molecule has 0 aliphatic carbocycles. The number of hydrogen-bond acceptors (Lipinski definition) is 5. The number of nitriles is 1. The molecular weight excluding hydrogens is 381 g/mol. The molecule has 0 bridgehead atoms. The molecule has 0 radical (unpaired) electrons. The number of aromatic nitrogens is 4. The van der Waals surface area contributed by atoms with Crippen molar-refractivity contribution in [2.24, 2.45) is 0 Å². The Morgan fingerprint density at radius 1 is 1.07 bits per heavy atom. The topological polar surface area (TPSA) is 81.5 Å². The lowest BCUT2D eigenvalue weighted by molar-refractivity contribution is -0.137. The molecule has 0 fully saturated rings. The third-order valence-corrected chi connectivity index (χ3v) is 4.46. The number of aromatic amines is 1. The molecule has 4 rings (SSSR count). The van der Waals surface area contributed by atoms with E-state index in [9.17, 15) is 13.2 Å². The molecule has 0 aliphatic rings. The van der Waals surface area contributed by atoms with Crippen molar-refractivity contribution in [2.45, 2.75) is 13.1 Å². The summed E-state index contributed by atoms with van der Waals surface area (Å²) < 4.78 is 39.4. The number of fused-ring (bicyclic) bond motifs is 1. The van der Waals surface area contributed by atoms with Crippen LogP contribution in [0.4, 0.5) is 30.4 Å². The van der Waals surface area contributed by atoms with Gasteiger partial charge in [0.15, 0.2) is 11.5 Å². The fourth-order valence-corrected chi connectivity index (χ4v) is 3.07. The first kappa shape index (κ1) is 18.4. The fourth-order valence-electron chi connectivity index (χ4n) is 3.07. The maximum atomic E-state index is 13.1. The zero-order valence-electron chi connectivity index (χ0n) is 15.1. The largest absolute Gasteiger partial charge is 0.416 e. The van der Waals surface area contributed by atoms with E-state index < -0.39 is 11.7 Å². The first-order chi connectivity index (χ1) is 13.9. The summed E-state index contributed by atoms with van der Waals surface area (Å²) >= 11 is 0. The van der Waals surface area contributed by atoms with Crippen LogP contribution in [0.15, 0.2) is 55.0 Å². The molecule has 0 amide bonds. The van der Waals surface area contributed by atoms with Crippen LogP contribution in [-0.2, 0) is 6.18 Å². The molecule has 9 heteroatoms. The van der Waals surface area contributed by atoms with Crippen molar-refractivity contribution in [2.75, 3.05) is 4.90 Å². The highest BCUT2D eigenvalue weighted by atomic mass is 19.4. The summed E-state index contributed by atoms with van der Waals surface area (Å²) in [6, 6.07) is 12.3. The Bertz CT molecular complexity index is 1220. The minimum Gasteiger partial charge on any atom is -0.294 e. The van der Waals surface area contributed by atoms with Crippen LogP contribution in [0.1, 0.15) is 16.7 Å². The molecule has 0 aliphatic heterocycles. The van der Waals surface area contributed by atoms with Gasteiger partial charge in [0, 0.05) is 5.69 Å². The predicted octanol–water partition coefficient (Wildman–Crippen LogP) is 5.02. The SMILES string of the molecule is Cc1cc(C(F)(F)F)ccc1N(c1ccc(C#N)cc1)c1ncnc2[nH]ncc12. The van der Waals surface area contributed by atoms with Gasteiger partial charge in [0.1, 0.15) is 6.33 Å². The number of aryl methyl sites for hydroxylation is 1.